The smallest absolute Gasteiger partial charge is 0.224 e. The van der Waals surface area contributed by atoms with Crippen LogP contribution >= 0.6 is 11.3 Å². The third kappa shape index (κ3) is 3.44. The number of thiophene rings is 1. The van der Waals surface area contributed by atoms with Gasteiger partial charge in [0.25, 0.3) is 0 Å². The van der Waals surface area contributed by atoms with Crippen LogP contribution in [0.15, 0.2) is 41.8 Å². The lowest BCUT2D eigenvalue weighted by molar-refractivity contribution is -0.116. The highest BCUT2D eigenvalue weighted by molar-refractivity contribution is 7.09. The molecule has 0 aliphatic carbocycles. The summed E-state index contributed by atoms with van der Waals surface area (Å²) in [6.45, 7) is 0. The number of benzene rings is 1. The number of aryl methyl sites for hydroxylation is 1. The summed E-state index contributed by atoms with van der Waals surface area (Å²) in [5.74, 6) is -0.0292. The summed E-state index contributed by atoms with van der Waals surface area (Å²) in [5.41, 5.74) is 1.22. The zero-order valence-corrected chi connectivity index (χ0v) is 10.5. The van der Waals surface area contributed by atoms with Crippen molar-refractivity contribution < 1.29 is 4.79 Å². The number of hydrogen-bond donors (Lipinski definition) is 1. The number of nitrogens with zero attached hydrogens (tertiary/aromatic N) is 1. The Bertz CT molecular complexity index is 570. The van der Waals surface area contributed by atoms with Crippen LogP contribution in [0.5, 0.6) is 0 Å². The van der Waals surface area contributed by atoms with Crippen LogP contribution in [0.1, 0.15) is 16.9 Å². The second kappa shape index (κ2) is 5.99. The fourth-order valence-electron chi connectivity index (χ4n) is 1.58. The summed E-state index contributed by atoms with van der Waals surface area (Å²) < 4.78 is 0. The summed E-state index contributed by atoms with van der Waals surface area (Å²) in [6, 6.07) is 13.0. The standard InChI is InChI=1S/C14H12N2OS/c15-10-11-3-1-4-12(9-11)16-14(17)7-6-13-5-2-8-18-13/h1-5,8-9H,6-7H2,(H,16,17). The van der Waals surface area contributed by atoms with Crippen LogP contribution in [0.25, 0.3) is 0 Å². The van der Waals surface area contributed by atoms with Crippen molar-refractivity contribution in [1.82, 2.24) is 0 Å². The first-order valence-corrected chi connectivity index (χ1v) is 6.48. The Hall–Kier alpha value is -2.12. The Morgan fingerprint density at radius 2 is 2.22 bits per heavy atom. The van der Waals surface area contributed by atoms with Gasteiger partial charge < -0.3 is 5.32 Å². The molecule has 4 heteroatoms. The molecule has 0 aliphatic heterocycles. The lowest BCUT2D eigenvalue weighted by Gasteiger charge is -2.04. The van der Waals surface area contributed by atoms with E-state index in [9.17, 15) is 4.79 Å². The molecule has 2 rings (SSSR count). The summed E-state index contributed by atoms with van der Waals surface area (Å²) in [6.07, 6.45) is 1.21. The first-order valence-electron chi connectivity index (χ1n) is 5.60. The highest BCUT2D eigenvalue weighted by atomic mass is 32.1. The Morgan fingerprint density at radius 3 is 2.94 bits per heavy atom. The second-order valence-electron chi connectivity index (χ2n) is 3.82. The number of anilines is 1. The van der Waals surface area contributed by atoms with Gasteiger partial charge >= 0.3 is 0 Å². The van der Waals surface area contributed by atoms with E-state index in [1.807, 2.05) is 23.6 Å². The van der Waals surface area contributed by atoms with E-state index in [4.69, 9.17) is 5.26 Å². The Kier molecular flexibility index (Phi) is 4.11. The molecule has 1 aromatic carbocycles. The molecule has 1 N–H and O–H groups in total. The van der Waals surface area contributed by atoms with Crippen molar-refractivity contribution in [2.45, 2.75) is 12.8 Å². The molecule has 0 aliphatic rings. The average molecular weight is 256 g/mol. The van der Waals surface area contributed by atoms with Gasteiger partial charge in [-0.2, -0.15) is 5.26 Å². The molecule has 90 valence electrons. The van der Waals surface area contributed by atoms with Gasteiger partial charge in [-0.25, -0.2) is 0 Å². The molecule has 0 spiro atoms. The maximum absolute atomic E-state index is 11.7. The molecule has 0 unspecified atom stereocenters. The van der Waals surface area contributed by atoms with E-state index in [0.717, 1.165) is 6.42 Å². The minimum absolute atomic E-state index is 0.0292. The van der Waals surface area contributed by atoms with Gasteiger partial charge in [-0.1, -0.05) is 12.1 Å². The van der Waals surface area contributed by atoms with Crippen molar-refractivity contribution in [3.8, 4) is 6.07 Å². The Balaban J connectivity index is 1.89. The number of hydrogen-bond acceptors (Lipinski definition) is 3. The predicted molar refractivity (Wildman–Crippen MR) is 72.4 cm³/mol. The maximum Gasteiger partial charge on any atom is 0.224 e. The summed E-state index contributed by atoms with van der Waals surface area (Å²) >= 11 is 1.65. The van der Waals surface area contributed by atoms with E-state index < -0.39 is 0 Å². The van der Waals surface area contributed by atoms with Gasteiger partial charge in [-0.15, -0.1) is 11.3 Å². The largest absolute Gasteiger partial charge is 0.326 e. The van der Waals surface area contributed by atoms with E-state index in [1.54, 1.807) is 35.6 Å². The van der Waals surface area contributed by atoms with Crippen LogP contribution in [0, 0.1) is 11.3 Å². The third-order valence-electron chi connectivity index (χ3n) is 2.45. The van der Waals surface area contributed by atoms with Crippen molar-refractivity contribution in [2.24, 2.45) is 0 Å². The van der Waals surface area contributed by atoms with Crippen LogP contribution in [0.4, 0.5) is 5.69 Å². The van der Waals surface area contributed by atoms with E-state index in [-0.39, 0.29) is 5.91 Å². The van der Waals surface area contributed by atoms with Crippen molar-refractivity contribution >= 4 is 22.9 Å². The monoisotopic (exact) mass is 256 g/mol. The number of carbonyl (C=O) groups excluding carboxylic acids is 1. The second-order valence-corrected chi connectivity index (χ2v) is 4.85. The molecule has 0 radical (unpaired) electrons. The maximum atomic E-state index is 11.7. The number of carbonyl (C=O) groups is 1. The zero-order valence-electron chi connectivity index (χ0n) is 9.72. The molecule has 0 bridgehead atoms. The van der Waals surface area contributed by atoms with E-state index in [2.05, 4.69) is 5.32 Å². The van der Waals surface area contributed by atoms with Crippen LogP contribution in [-0.2, 0) is 11.2 Å². The van der Waals surface area contributed by atoms with Crippen LogP contribution in [0.2, 0.25) is 0 Å². The number of rotatable bonds is 4. The average Bonchev–Trinajstić information content (AvgIpc) is 2.90. The Labute approximate surface area is 110 Å². The molecule has 0 fully saturated rings. The molecule has 0 saturated heterocycles. The zero-order chi connectivity index (χ0) is 12.8. The molecular weight excluding hydrogens is 244 g/mol. The summed E-state index contributed by atoms with van der Waals surface area (Å²) in [5, 5.41) is 13.6. The van der Waals surface area contributed by atoms with E-state index in [1.165, 1.54) is 4.88 Å². The van der Waals surface area contributed by atoms with Gasteiger partial charge in [0.15, 0.2) is 0 Å². The molecule has 1 amide bonds. The van der Waals surface area contributed by atoms with Crippen LogP contribution < -0.4 is 5.32 Å². The van der Waals surface area contributed by atoms with Crippen molar-refractivity contribution in [3.05, 3.63) is 52.2 Å². The fourth-order valence-corrected chi connectivity index (χ4v) is 2.29. The molecule has 18 heavy (non-hydrogen) atoms. The minimum Gasteiger partial charge on any atom is -0.326 e. The minimum atomic E-state index is -0.0292. The number of amides is 1. The van der Waals surface area contributed by atoms with Crippen molar-refractivity contribution in [1.29, 1.82) is 5.26 Å². The lowest BCUT2D eigenvalue weighted by atomic mass is 10.2. The number of nitriles is 1. The first kappa shape index (κ1) is 12.3. The van der Waals surface area contributed by atoms with Gasteiger partial charge in [0.05, 0.1) is 11.6 Å². The molecule has 3 nitrogen and oxygen atoms in total. The van der Waals surface area contributed by atoms with Crippen molar-refractivity contribution in [3.63, 3.8) is 0 Å². The highest BCUT2D eigenvalue weighted by Gasteiger charge is 2.04. The number of nitrogens with one attached hydrogen (secondary N) is 1. The molecular formula is C14H12N2OS. The topological polar surface area (TPSA) is 52.9 Å². The summed E-state index contributed by atoms with van der Waals surface area (Å²) in [7, 11) is 0. The van der Waals surface area contributed by atoms with Gasteiger partial charge in [0.1, 0.15) is 0 Å². The fraction of sp³-hybridized carbons (Fsp3) is 0.143. The third-order valence-corrected chi connectivity index (χ3v) is 3.39. The lowest BCUT2D eigenvalue weighted by Crippen LogP contribution is -2.12. The van der Waals surface area contributed by atoms with E-state index >= 15 is 0 Å². The molecule has 1 aromatic heterocycles. The summed E-state index contributed by atoms with van der Waals surface area (Å²) in [4.78, 5) is 12.9. The molecule has 0 atom stereocenters. The van der Waals surface area contributed by atoms with Gasteiger partial charge in [0, 0.05) is 17.0 Å². The van der Waals surface area contributed by atoms with Gasteiger partial charge in [0.2, 0.25) is 5.91 Å². The SMILES string of the molecule is N#Cc1cccc(NC(=O)CCc2cccs2)c1. The van der Waals surface area contributed by atoms with Gasteiger partial charge in [-0.3, -0.25) is 4.79 Å². The first-order chi connectivity index (χ1) is 8.78. The highest BCUT2D eigenvalue weighted by Crippen LogP contribution is 2.13. The van der Waals surface area contributed by atoms with Crippen molar-refractivity contribution in [2.75, 3.05) is 5.32 Å². The molecule has 1 heterocycles. The molecule has 0 saturated carbocycles. The normalized spacial score (nSPS) is 9.72. The van der Waals surface area contributed by atoms with E-state index in [0.29, 0.717) is 17.7 Å². The quantitative estimate of drug-likeness (QED) is 0.913. The Morgan fingerprint density at radius 1 is 1.33 bits per heavy atom. The van der Waals surface area contributed by atoms with Gasteiger partial charge in [-0.05, 0) is 36.1 Å². The van der Waals surface area contributed by atoms with Crippen LogP contribution in [0.3, 0.4) is 0 Å². The predicted octanol–water partition coefficient (Wildman–Crippen LogP) is 3.19. The van der Waals surface area contributed by atoms with Crippen LogP contribution in [-0.4, -0.2) is 5.91 Å². The molecule has 2 aromatic rings.